The Kier molecular flexibility index (Phi) is 4.28. The van der Waals surface area contributed by atoms with Crippen LogP contribution in [0, 0.1) is 11.6 Å². The van der Waals surface area contributed by atoms with Crippen LogP contribution < -0.4 is 0 Å². The van der Waals surface area contributed by atoms with E-state index in [9.17, 15) is 8.78 Å². The average molecular weight is 392 g/mol. The number of thiophene rings is 1. The van der Waals surface area contributed by atoms with Crippen molar-refractivity contribution in [2.75, 3.05) is 5.88 Å². The Morgan fingerprint density at radius 1 is 1.33 bits per heavy atom. The van der Waals surface area contributed by atoms with Crippen LogP contribution in [0.3, 0.4) is 0 Å². The highest BCUT2D eigenvalue weighted by atomic mass is 79.9. The molecule has 3 rings (SSSR count). The van der Waals surface area contributed by atoms with E-state index >= 15 is 0 Å². The lowest BCUT2D eigenvalue weighted by Gasteiger charge is -2.08. The minimum atomic E-state index is -0.648. The van der Waals surface area contributed by atoms with E-state index in [-0.39, 0.29) is 5.52 Å². The summed E-state index contributed by atoms with van der Waals surface area (Å²) in [5.74, 6) is -0.225. The number of fused-ring (bicyclic) bond motifs is 1. The number of aromatic nitrogens is 2. The molecule has 0 amide bonds. The number of imidazole rings is 1. The first-order chi connectivity index (χ1) is 10.1. The normalized spacial score (nSPS) is 11.4. The van der Waals surface area contributed by atoms with Gasteiger partial charge < -0.3 is 4.57 Å². The molecule has 0 N–H and O–H groups in total. The van der Waals surface area contributed by atoms with Gasteiger partial charge in [-0.25, -0.2) is 13.8 Å². The minimum Gasteiger partial charge on any atom is -0.322 e. The number of benzene rings is 1. The van der Waals surface area contributed by atoms with E-state index in [0.29, 0.717) is 30.2 Å². The van der Waals surface area contributed by atoms with Gasteiger partial charge in [-0.05, 0) is 33.4 Å². The van der Waals surface area contributed by atoms with Crippen LogP contribution in [-0.4, -0.2) is 15.4 Å². The molecule has 7 heteroatoms. The van der Waals surface area contributed by atoms with Gasteiger partial charge in [0.25, 0.3) is 0 Å². The van der Waals surface area contributed by atoms with Gasteiger partial charge in [-0.3, -0.25) is 0 Å². The van der Waals surface area contributed by atoms with Gasteiger partial charge in [0.15, 0.2) is 5.82 Å². The van der Waals surface area contributed by atoms with Crippen molar-refractivity contribution in [3.63, 3.8) is 0 Å². The van der Waals surface area contributed by atoms with E-state index in [1.165, 1.54) is 6.07 Å². The predicted octanol–water partition coefficient (Wildman–Crippen LogP) is 4.97. The highest BCUT2D eigenvalue weighted by molar-refractivity contribution is 9.10. The fourth-order valence-corrected chi connectivity index (χ4v) is 3.87. The van der Waals surface area contributed by atoms with Crippen LogP contribution in [0.4, 0.5) is 8.78 Å². The van der Waals surface area contributed by atoms with E-state index in [1.807, 2.05) is 16.0 Å². The smallest absolute Gasteiger partial charge is 0.153 e. The SMILES string of the molecule is Fc1cc(F)c2nc(CCCl)n(Cc3sccc3Br)c2c1. The Balaban J connectivity index is 2.18. The molecule has 0 saturated carbocycles. The van der Waals surface area contributed by atoms with Crippen LogP contribution in [0.2, 0.25) is 0 Å². The average Bonchev–Trinajstić information content (AvgIpc) is 2.97. The maximum atomic E-state index is 13.9. The Morgan fingerprint density at radius 3 is 2.81 bits per heavy atom. The Bertz CT molecular complexity index is 800. The molecular weight excluding hydrogens is 382 g/mol. The molecule has 0 radical (unpaired) electrons. The summed E-state index contributed by atoms with van der Waals surface area (Å²) in [5.41, 5.74) is 0.636. The zero-order chi connectivity index (χ0) is 15.0. The van der Waals surface area contributed by atoms with Gasteiger partial charge in [-0.2, -0.15) is 0 Å². The predicted molar refractivity (Wildman–Crippen MR) is 85.2 cm³/mol. The molecule has 0 unspecified atom stereocenters. The molecule has 0 aliphatic rings. The molecule has 0 fully saturated rings. The van der Waals surface area contributed by atoms with Crippen LogP contribution in [-0.2, 0) is 13.0 Å². The fraction of sp³-hybridized carbons (Fsp3) is 0.214. The summed E-state index contributed by atoms with van der Waals surface area (Å²) in [6.07, 6.45) is 0.500. The Hall–Kier alpha value is -0.980. The maximum absolute atomic E-state index is 13.9. The lowest BCUT2D eigenvalue weighted by Crippen LogP contribution is -2.05. The van der Waals surface area contributed by atoms with Crippen molar-refractivity contribution in [3.8, 4) is 0 Å². The van der Waals surface area contributed by atoms with Crippen molar-refractivity contribution < 1.29 is 8.78 Å². The first-order valence-electron chi connectivity index (χ1n) is 6.22. The van der Waals surface area contributed by atoms with E-state index in [0.717, 1.165) is 15.4 Å². The molecule has 3 aromatic rings. The summed E-state index contributed by atoms with van der Waals surface area (Å²) in [6.45, 7) is 0.504. The summed E-state index contributed by atoms with van der Waals surface area (Å²) < 4.78 is 30.2. The minimum absolute atomic E-state index is 0.184. The standard InChI is InChI=1S/C14H10BrClF2N2S/c15-9-2-4-21-12(9)7-20-11-6-8(17)5-10(18)14(11)19-13(20)1-3-16/h2,4-6H,1,3,7H2. The third-order valence-electron chi connectivity index (χ3n) is 3.16. The summed E-state index contributed by atoms with van der Waals surface area (Å²) in [5, 5.41) is 1.96. The van der Waals surface area contributed by atoms with E-state index in [1.54, 1.807) is 11.3 Å². The number of hydrogen-bond donors (Lipinski definition) is 0. The third-order valence-corrected chi connectivity index (χ3v) is 5.26. The number of nitrogens with zero attached hydrogens (tertiary/aromatic N) is 2. The quantitative estimate of drug-likeness (QED) is 0.574. The second kappa shape index (κ2) is 6.02. The van der Waals surface area contributed by atoms with Gasteiger partial charge >= 0.3 is 0 Å². The van der Waals surface area contributed by atoms with Gasteiger partial charge in [-0.15, -0.1) is 22.9 Å². The third kappa shape index (κ3) is 2.84. The molecule has 0 atom stereocenters. The lowest BCUT2D eigenvalue weighted by atomic mass is 10.3. The monoisotopic (exact) mass is 390 g/mol. The Morgan fingerprint density at radius 2 is 2.14 bits per heavy atom. The zero-order valence-corrected chi connectivity index (χ0v) is 13.9. The summed E-state index contributed by atoms with van der Waals surface area (Å²) in [6, 6.07) is 4.11. The first kappa shape index (κ1) is 14.9. The van der Waals surface area contributed by atoms with E-state index < -0.39 is 11.6 Å². The molecule has 0 bridgehead atoms. The van der Waals surface area contributed by atoms with Crippen molar-refractivity contribution in [2.24, 2.45) is 0 Å². The number of halogens is 4. The molecule has 2 nitrogen and oxygen atoms in total. The van der Waals surface area contributed by atoms with Crippen molar-refractivity contribution >= 4 is 49.9 Å². The molecule has 0 aliphatic carbocycles. The number of rotatable bonds is 4. The van der Waals surface area contributed by atoms with Crippen LogP contribution in [0.1, 0.15) is 10.7 Å². The molecule has 110 valence electrons. The number of alkyl halides is 1. The van der Waals surface area contributed by atoms with Gasteiger partial charge in [0, 0.05) is 27.7 Å². The van der Waals surface area contributed by atoms with Crippen molar-refractivity contribution in [1.29, 1.82) is 0 Å². The maximum Gasteiger partial charge on any atom is 0.153 e. The molecular formula is C14H10BrClF2N2S. The van der Waals surface area contributed by atoms with Gasteiger partial charge in [0.2, 0.25) is 0 Å². The van der Waals surface area contributed by atoms with Gasteiger partial charge in [0.05, 0.1) is 12.1 Å². The molecule has 0 spiro atoms. The Labute approximate surface area is 137 Å². The molecule has 0 aliphatic heterocycles. The van der Waals surface area contributed by atoms with Gasteiger partial charge in [-0.1, -0.05) is 0 Å². The molecule has 1 aromatic carbocycles. The van der Waals surface area contributed by atoms with Crippen LogP contribution in [0.25, 0.3) is 11.0 Å². The van der Waals surface area contributed by atoms with Crippen LogP contribution in [0.5, 0.6) is 0 Å². The van der Waals surface area contributed by atoms with E-state index in [2.05, 4.69) is 20.9 Å². The summed E-state index contributed by atoms with van der Waals surface area (Å²) in [4.78, 5) is 5.34. The second-order valence-electron chi connectivity index (χ2n) is 4.50. The van der Waals surface area contributed by atoms with Crippen LogP contribution >= 0.6 is 38.9 Å². The molecule has 2 heterocycles. The lowest BCUT2D eigenvalue weighted by molar-refractivity contribution is 0.590. The fourth-order valence-electron chi connectivity index (χ4n) is 2.23. The summed E-state index contributed by atoms with van der Waals surface area (Å²) in [7, 11) is 0. The van der Waals surface area contributed by atoms with Crippen molar-refractivity contribution in [3.05, 3.63) is 50.4 Å². The second-order valence-corrected chi connectivity index (χ2v) is 6.73. The van der Waals surface area contributed by atoms with Crippen molar-refractivity contribution in [2.45, 2.75) is 13.0 Å². The highest BCUT2D eigenvalue weighted by Crippen LogP contribution is 2.27. The molecule has 0 saturated heterocycles. The van der Waals surface area contributed by atoms with Crippen LogP contribution in [0.15, 0.2) is 28.1 Å². The zero-order valence-electron chi connectivity index (χ0n) is 10.7. The molecule has 2 aromatic heterocycles. The topological polar surface area (TPSA) is 17.8 Å². The number of hydrogen-bond acceptors (Lipinski definition) is 2. The summed E-state index contributed by atoms with van der Waals surface area (Å²) >= 11 is 10.8. The van der Waals surface area contributed by atoms with Gasteiger partial charge in [0.1, 0.15) is 17.2 Å². The first-order valence-corrected chi connectivity index (χ1v) is 8.43. The van der Waals surface area contributed by atoms with Crippen molar-refractivity contribution in [1.82, 2.24) is 9.55 Å². The largest absolute Gasteiger partial charge is 0.322 e. The molecule has 21 heavy (non-hydrogen) atoms. The number of aryl methyl sites for hydroxylation is 1. The van der Waals surface area contributed by atoms with E-state index in [4.69, 9.17) is 11.6 Å². The highest BCUT2D eigenvalue weighted by Gasteiger charge is 2.16.